The molecule has 0 spiro atoms. The van der Waals surface area contributed by atoms with Gasteiger partial charge in [0.25, 0.3) is 5.91 Å². The zero-order valence-electron chi connectivity index (χ0n) is 16.9. The van der Waals surface area contributed by atoms with E-state index < -0.39 is 0 Å². The quantitative estimate of drug-likeness (QED) is 0.506. The highest BCUT2D eigenvalue weighted by Crippen LogP contribution is 2.20. The number of nitrogens with one attached hydrogen (secondary N) is 1. The summed E-state index contributed by atoms with van der Waals surface area (Å²) in [6.07, 6.45) is 2.83. The molecule has 2 aromatic carbocycles. The molecular weight excluding hydrogens is 358 g/mol. The van der Waals surface area contributed by atoms with Crippen molar-refractivity contribution in [3.8, 4) is 0 Å². The van der Waals surface area contributed by atoms with Gasteiger partial charge in [-0.2, -0.15) is 0 Å². The first-order valence-corrected chi connectivity index (χ1v) is 9.94. The maximum Gasteiger partial charge on any atom is 0.254 e. The van der Waals surface area contributed by atoms with Crippen molar-refractivity contribution in [3.63, 3.8) is 0 Å². The monoisotopic (exact) mass is 383 g/mol. The van der Waals surface area contributed by atoms with E-state index in [0.717, 1.165) is 34.5 Å². The Hall–Kier alpha value is -3.40. The highest BCUT2D eigenvalue weighted by Gasteiger charge is 2.19. The standard InChI is InChI=1S/C25H25N3O/c1-18-8-3-4-11-22(18)25(29)28(17-21-10-7-9-19(2)27-21)15-14-20-16-26-24-13-6-5-12-23(20)24/h3-13,16,26H,14-15,17H2,1-2H3. The van der Waals surface area contributed by atoms with Gasteiger partial charge in [0.15, 0.2) is 0 Å². The molecule has 2 aromatic heterocycles. The number of aryl methyl sites for hydroxylation is 2. The molecule has 4 aromatic rings. The summed E-state index contributed by atoms with van der Waals surface area (Å²) in [6.45, 7) is 5.08. The van der Waals surface area contributed by atoms with Crippen LogP contribution in [0.3, 0.4) is 0 Å². The summed E-state index contributed by atoms with van der Waals surface area (Å²) in [5, 5.41) is 1.21. The fourth-order valence-corrected chi connectivity index (χ4v) is 3.71. The Morgan fingerprint density at radius 3 is 2.59 bits per heavy atom. The summed E-state index contributed by atoms with van der Waals surface area (Å²) in [4.78, 5) is 23.2. The topological polar surface area (TPSA) is 49.0 Å². The van der Waals surface area contributed by atoms with E-state index in [4.69, 9.17) is 0 Å². The summed E-state index contributed by atoms with van der Waals surface area (Å²) in [7, 11) is 0. The van der Waals surface area contributed by atoms with E-state index in [1.165, 1.54) is 10.9 Å². The van der Waals surface area contributed by atoms with Crippen LogP contribution in [-0.4, -0.2) is 27.3 Å². The lowest BCUT2D eigenvalue weighted by Crippen LogP contribution is -2.33. The first-order valence-electron chi connectivity index (χ1n) is 9.94. The fraction of sp³-hybridized carbons (Fsp3) is 0.200. The molecule has 0 saturated heterocycles. The van der Waals surface area contributed by atoms with Gasteiger partial charge in [0.2, 0.25) is 0 Å². The number of H-pyrrole nitrogens is 1. The fourth-order valence-electron chi connectivity index (χ4n) is 3.71. The van der Waals surface area contributed by atoms with E-state index in [2.05, 4.69) is 22.1 Å². The Balaban J connectivity index is 1.60. The first kappa shape index (κ1) is 18.9. The molecule has 0 aliphatic carbocycles. The van der Waals surface area contributed by atoms with Gasteiger partial charge >= 0.3 is 0 Å². The van der Waals surface area contributed by atoms with Crippen LogP contribution >= 0.6 is 0 Å². The van der Waals surface area contributed by atoms with Crippen molar-refractivity contribution in [3.05, 3.63) is 101 Å². The second kappa shape index (κ2) is 8.31. The third-order valence-corrected chi connectivity index (χ3v) is 5.29. The van der Waals surface area contributed by atoms with Crippen LogP contribution in [0.25, 0.3) is 10.9 Å². The molecule has 29 heavy (non-hydrogen) atoms. The lowest BCUT2D eigenvalue weighted by atomic mass is 10.1. The average Bonchev–Trinajstić information content (AvgIpc) is 3.14. The number of aromatic nitrogens is 2. The predicted octanol–water partition coefficient (Wildman–Crippen LogP) is 5.06. The molecule has 0 fully saturated rings. The second-order valence-corrected chi connectivity index (χ2v) is 7.42. The van der Waals surface area contributed by atoms with Crippen LogP contribution < -0.4 is 0 Å². The van der Waals surface area contributed by atoms with E-state index in [1.54, 1.807) is 0 Å². The van der Waals surface area contributed by atoms with E-state index >= 15 is 0 Å². The molecule has 4 rings (SSSR count). The number of hydrogen-bond donors (Lipinski definition) is 1. The number of pyridine rings is 1. The summed E-state index contributed by atoms with van der Waals surface area (Å²) in [5.74, 6) is 0.0475. The molecule has 0 aliphatic heterocycles. The zero-order valence-corrected chi connectivity index (χ0v) is 16.9. The molecule has 0 aliphatic rings. The number of benzene rings is 2. The highest BCUT2D eigenvalue weighted by molar-refractivity contribution is 5.95. The van der Waals surface area contributed by atoms with Crippen molar-refractivity contribution in [2.24, 2.45) is 0 Å². The highest BCUT2D eigenvalue weighted by atomic mass is 16.2. The molecule has 0 radical (unpaired) electrons. The van der Waals surface area contributed by atoms with Crippen LogP contribution in [0.15, 0.2) is 72.9 Å². The van der Waals surface area contributed by atoms with E-state index in [9.17, 15) is 4.79 Å². The summed E-state index contributed by atoms with van der Waals surface area (Å²) >= 11 is 0. The van der Waals surface area contributed by atoms with Crippen molar-refractivity contribution >= 4 is 16.8 Å². The molecular formula is C25H25N3O. The van der Waals surface area contributed by atoms with Gasteiger partial charge in [-0.1, -0.05) is 42.5 Å². The molecule has 1 amide bonds. The van der Waals surface area contributed by atoms with Gasteiger partial charge in [0, 0.05) is 34.9 Å². The molecule has 0 saturated carbocycles. The Labute approximate surface area is 171 Å². The minimum absolute atomic E-state index is 0.0475. The van der Waals surface area contributed by atoms with Gasteiger partial charge < -0.3 is 9.88 Å². The smallest absolute Gasteiger partial charge is 0.254 e. The summed E-state index contributed by atoms with van der Waals surface area (Å²) in [6, 6.07) is 22.0. The molecule has 4 heteroatoms. The number of nitrogens with zero attached hydrogens (tertiary/aromatic N) is 2. The van der Waals surface area contributed by atoms with Crippen LogP contribution in [-0.2, 0) is 13.0 Å². The number of aromatic amines is 1. The summed E-state index contributed by atoms with van der Waals surface area (Å²) in [5.41, 5.74) is 5.96. The van der Waals surface area contributed by atoms with Crippen molar-refractivity contribution in [1.29, 1.82) is 0 Å². The molecule has 0 bridgehead atoms. The molecule has 0 atom stereocenters. The van der Waals surface area contributed by atoms with Crippen molar-refractivity contribution < 1.29 is 4.79 Å². The minimum Gasteiger partial charge on any atom is -0.361 e. The number of carbonyl (C=O) groups is 1. The number of hydrogen-bond acceptors (Lipinski definition) is 2. The lowest BCUT2D eigenvalue weighted by molar-refractivity contribution is 0.0742. The van der Waals surface area contributed by atoms with Crippen LogP contribution in [0.4, 0.5) is 0 Å². The van der Waals surface area contributed by atoms with Crippen LogP contribution in [0.2, 0.25) is 0 Å². The Morgan fingerprint density at radius 2 is 1.76 bits per heavy atom. The van der Waals surface area contributed by atoms with Gasteiger partial charge in [-0.05, 0) is 55.7 Å². The normalized spacial score (nSPS) is 11.0. The van der Waals surface area contributed by atoms with Crippen LogP contribution in [0, 0.1) is 13.8 Å². The third kappa shape index (κ3) is 4.21. The maximum atomic E-state index is 13.4. The third-order valence-electron chi connectivity index (χ3n) is 5.29. The number of carbonyl (C=O) groups excluding carboxylic acids is 1. The van der Waals surface area contributed by atoms with Gasteiger partial charge in [-0.3, -0.25) is 9.78 Å². The largest absolute Gasteiger partial charge is 0.361 e. The van der Waals surface area contributed by atoms with E-state index in [-0.39, 0.29) is 5.91 Å². The molecule has 0 unspecified atom stereocenters. The van der Waals surface area contributed by atoms with Crippen LogP contribution in [0.5, 0.6) is 0 Å². The SMILES string of the molecule is Cc1cccc(CN(CCc2c[nH]c3ccccc23)C(=O)c2ccccc2C)n1. The number of para-hydroxylation sites is 1. The van der Waals surface area contributed by atoms with Gasteiger partial charge in [0.1, 0.15) is 0 Å². The van der Waals surface area contributed by atoms with Gasteiger partial charge in [0.05, 0.1) is 12.2 Å². The van der Waals surface area contributed by atoms with Gasteiger partial charge in [-0.15, -0.1) is 0 Å². The zero-order chi connectivity index (χ0) is 20.2. The molecule has 146 valence electrons. The first-order chi connectivity index (χ1) is 14.1. The number of fused-ring (bicyclic) bond motifs is 1. The molecule has 2 heterocycles. The van der Waals surface area contributed by atoms with Crippen molar-refractivity contribution in [2.45, 2.75) is 26.8 Å². The predicted molar refractivity (Wildman–Crippen MR) is 117 cm³/mol. The Bertz CT molecular complexity index is 1150. The van der Waals surface area contributed by atoms with E-state index in [1.807, 2.05) is 79.5 Å². The average molecular weight is 383 g/mol. The minimum atomic E-state index is 0.0475. The molecule has 1 N–H and O–H groups in total. The molecule has 4 nitrogen and oxygen atoms in total. The van der Waals surface area contributed by atoms with Crippen molar-refractivity contribution in [1.82, 2.24) is 14.9 Å². The van der Waals surface area contributed by atoms with E-state index in [0.29, 0.717) is 13.1 Å². The summed E-state index contributed by atoms with van der Waals surface area (Å²) < 4.78 is 0. The Kier molecular flexibility index (Phi) is 5.43. The van der Waals surface area contributed by atoms with Crippen molar-refractivity contribution in [2.75, 3.05) is 6.54 Å². The van der Waals surface area contributed by atoms with Crippen LogP contribution in [0.1, 0.15) is 32.9 Å². The number of amides is 1. The number of rotatable bonds is 6. The van der Waals surface area contributed by atoms with Gasteiger partial charge in [-0.25, -0.2) is 0 Å². The lowest BCUT2D eigenvalue weighted by Gasteiger charge is -2.23. The second-order valence-electron chi connectivity index (χ2n) is 7.42. The maximum absolute atomic E-state index is 13.4. The Morgan fingerprint density at radius 1 is 0.966 bits per heavy atom.